The van der Waals surface area contributed by atoms with E-state index in [0.717, 1.165) is 53.1 Å². The van der Waals surface area contributed by atoms with Gasteiger partial charge in [-0.3, -0.25) is 0 Å². The van der Waals surface area contributed by atoms with Gasteiger partial charge < -0.3 is 14.6 Å². The van der Waals surface area contributed by atoms with Crippen molar-refractivity contribution in [1.82, 2.24) is 14.9 Å². The Morgan fingerprint density at radius 1 is 1.10 bits per heavy atom. The zero-order chi connectivity index (χ0) is 21.2. The number of rotatable bonds is 4. The van der Waals surface area contributed by atoms with Crippen molar-refractivity contribution in [2.45, 2.75) is 12.6 Å². The zero-order valence-corrected chi connectivity index (χ0v) is 16.9. The molecular weight excluding hydrogens is 391 g/mol. The predicted molar refractivity (Wildman–Crippen MR) is 118 cm³/mol. The van der Waals surface area contributed by atoms with Crippen molar-refractivity contribution in [1.29, 1.82) is 5.26 Å². The average molecular weight is 412 g/mol. The number of hydrogen-bond acceptors (Lipinski definition) is 4. The molecule has 4 aromatic rings. The largest absolute Gasteiger partial charge is 0.374 e. The lowest BCUT2D eigenvalue weighted by Crippen LogP contribution is -2.40. The van der Waals surface area contributed by atoms with E-state index in [1.165, 1.54) is 12.1 Å². The van der Waals surface area contributed by atoms with Crippen LogP contribution in [0.1, 0.15) is 5.56 Å². The lowest BCUT2D eigenvalue weighted by atomic mass is 9.98. The normalized spacial score (nSPS) is 16.3. The molecule has 1 saturated heterocycles. The number of nitrogens with one attached hydrogen (secondary N) is 1. The van der Waals surface area contributed by atoms with Crippen LogP contribution in [0.4, 0.5) is 4.39 Å². The van der Waals surface area contributed by atoms with Gasteiger partial charge in [0.05, 0.1) is 47.6 Å². The van der Waals surface area contributed by atoms with Gasteiger partial charge in [-0.1, -0.05) is 12.1 Å². The van der Waals surface area contributed by atoms with Gasteiger partial charge in [0.1, 0.15) is 5.82 Å². The Labute approximate surface area is 179 Å². The number of aromatic nitrogens is 2. The Bertz CT molecular complexity index is 1250. The molecule has 5 rings (SSSR count). The summed E-state index contributed by atoms with van der Waals surface area (Å²) >= 11 is 0. The first-order chi connectivity index (χ1) is 15.2. The topological polar surface area (TPSA) is 62.9 Å². The molecule has 0 saturated carbocycles. The quantitative estimate of drug-likeness (QED) is 0.541. The molecule has 31 heavy (non-hydrogen) atoms. The average Bonchev–Trinajstić information content (AvgIpc) is 3.21. The van der Waals surface area contributed by atoms with Crippen molar-refractivity contribution in [3.63, 3.8) is 0 Å². The Balaban J connectivity index is 1.63. The molecule has 1 aliphatic heterocycles. The lowest BCUT2D eigenvalue weighted by Gasteiger charge is -2.24. The van der Waals surface area contributed by atoms with Gasteiger partial charge in [-0.2, -0.15) is 5.26 Å². The molecule has 1 fully saturated rings. The van der Waals surface area contributed by atoms with E-state index in [1.54, 1.807) is 24.3 Å². The van der Waals surface area contributed by atoms with E-state index in [9.17, 15) is 4.39 Å². The molecule has 1 N–H and O–H groups in total. The number of hydrogen-bond donors (Lipinski definition) is 1. The SMILES string of the molecule is N#Cc1ccc(-c2cc3c(ccn3C[C@H]3CNCCO3)nc2-c2ccc(F)cc2)cc1. The highest BCUT2D eigenvalue weighted by molar-refractivity contribution is 5.90. The Morgan fingerprint density at radius 3 is 2.58 bits per heavy atom. The summed E-state index contributed by atoms with van der Waals surface area (Å²) in [6, 6.07) is 20.1. The van der Waals surface area contributed by atoms with Crippen LogP contribution in [0.2, 0.25) is 0 Å². The standard InChI is InChI=1S/C25H21FN4O/c26-20-7-5-19(6-8-20)25-22(18-3-1-17(14-27)2-4-18)13-24-23(29-25)9-11-30(24)16-21-15-28-10-12-31-21/h1-9,11,13,21,28H,10,12,15-16H2/t21-/m1/s1. The molecule has 0 bridgehead atoms. The van der Waals surface area contributed by atoms with E-state index in [2.05, 4.69) is 22.0 Å². The van der Waals surface area contributed by atoms with Crippen LogP contribution in [0.5, 0.6) is 0 Å². The number of nitriles is 1. The van der Waals surface area contributed by atoms with Crippen molar-refractivity contribution >= 4 is 11.0 Å². The van der Waals surface area contributed by atoms with Crippen molar-refractivity contribution < 1.29 is 9.13 Å². The second kappa shape index (κ2) is 8.31. The Kier molecular flexibility index (Phi) is 5.21. The van der Waals surface area contributed by atoms with Crippen LogP contribution in [-0.2, 0) is 11.3 Å². The molecular formula is C25H21FN4O. The molecule has 5 nitrogen and oxygen atoms in total. The van der Waals surface area contributed by atoms with E-state index in [1.807, 2.05) is 24.4 Å². The van der Waals surface area contributed by atoms with E-state index in [0.29, 0.717) is 12.2 Å². The van der Waals surface area contributed by atoms with Crippen molar-refractivity contribution in [2.24, 2.45) is 0 Å². The fourth-order valence-electron chi connectivity index (χ4n) is 4.00. The Hall–Kier alpha value is -3.53. The molecule has 0 unspecified atom stereocenters. The molecule has 0 radical (unpaired) electrons. The molecule has 3 heterocycles. The first-order valence-electron chi connectivity index (χ1n) is 10.3. The molecule has 0 aliphatic carbocycles. The highest BCUT2D eigenvalue weighted by Crippen LogP contribution is 2.34. The van der Waals surface area contributed by atoms with Gasteiger partial charge in [0.15, 0.2) is 0 Å². The predicted octanol–water partition coefficient (Wildman–Crippen LogP) is 4.37. The summed E-state index contributed by atoms with van der Waals surface area (Å²) < 4.78 is 21.6. The number of fused-ring (bicyclic) bond motifs is 1. The molecule has 1 aliphatic rings. The van der Waals surface area contributed by atoms with Crippen LogP contribution in [0.15, 0.2) is 66.9 Å². The van der Waals surface area contributed by atoms with Crippen LogP contribution in [-0.4, -0.2) is 35.4 Å². The molecule has 2 aromatic heterocycles. The van der Waals surface area contributed by atoms with Gasteiger partial charge in [0.25, 0.3) is 0 Å². The monoisotopic (exact) mass is 412 g/mol. The highest BCUT2D eigenvalue weighted by Gasteiger charge is 2.18. The zero-order valence-electron chi connectivity index (χ0n) is 16.9. The Morgan fingerprint density at radius 2 is 1.87 bits per heavy atom. The number of benzene rings is 2. The lowest BCUT2D eigenvalue weighted by molar-refractivity contribution is 0.0189. The molecule has 154 valence electrons. The molecule has 2 aromatic carbocycles. The maximum Gasteiger partial charge on any atom is 0.123 e. The minimum absolute atomic E-state index is 0.111. The number of halogens is 1. The second-order valence-electron chi connectivity index (χ2n) is 7.65. The van der Waals surface area contributed by atoms with Crippen LogP contribution in [0.25, 0.3) is 33.4 Å². The molecule has 6 heteroatoms. The first-order valence-corrected chi connectivity index (χ1v) is 10.3. The number of pyridine rings is 1. The van der Waals surface area contributed by atoms with Gasteiger partial charge in [-0.05, 0) is 54.1 Å². The maximum absolute atomic E-state index is 13.5. The number of nitrogens with zero attached hydrogens (tertiary/aromatic N) is 3. The van der Waals surface area contributed by atoms with E-state index in [4.69, 9.17) is 15.0 Å². The van der Waals surface area contributed by atoms with E-state index in [-0.39, 0.29) is 11.9 Å². The van der Waals surface area contributed by atoms with Crippen LogP contribution in [0.3, 0.4) is 0 Å². The third-order valence-corrected chi connectivity index (χ3v) is 5.60. The summed E-state index contributed by atoms with van der Waals surface area (Å²) in [6.45, 7) is 3.16. The summed E-state index contributed by atoms with van der Waals surface area (Å²) in [5, 5.41) is 12.5. The van der Waals surface area contributed by atoms with Crippen molar-refractivity contribution in [3.05, 3.63) is 78.2 Å². The molecule has 1 atom stereocenters. The van der Waals surface area contributed by atoms with Crippen LogP contribution >= 0.6 is 0 Å². The van der Waals surface area contributed by atoms with E-state index >= 15 is 0 Å². The third kappa shape index (κ3) is 3.93. The summed E-state index contributed by atoms with van der Waals surface area (Å²) in [7, 11) is 0. The van der Waals surface area contributed by atoms with Crippen molar-refractivity contribution in [2.75, 3.05) is 19.7 Å². The smallest absolute Gasteiger partial charge is 0.123 e. The molecule has 0 spiro atoms. The van der Waals surface area contributed by atoms with Gasteiger partial charge >= 0.3 is 0 Å². The second-order valence-corrected chi connectivity index (χ2v) is 7.65. The minimum atomic E-state index is -0.281. The van der Waals surface area contributed by atoms with Crippen LogP contribution < -0.4 is 5.32 Å². The summed E-state index contributed by atoms with van der Waals surface area (Å²) in [5.74, 6) is -0.281. The highest BCUT2D eigenvalue weighted by atomic mass is 19.1. The van der Waals surface area contributed by atoms with Crippen molar-refractivity contribution in [3.8, 4) is 28.5 Å². The number of ether oxygens (including phenoxy) is 1. The summed E-state index contributed by atoms with van der Waals surface area (Å²) in [6.07, 6.45) is 2.14. The molecule has 0 amide bonds. The van der Waals surface area contributed by atoms with E-state index < -0.39 is 0 Å². The summed E-state index contributed by atoms with van der Waals surface area (Å²) in [4.78, 5) is 4.94. The first kappa shape index (κ1) is 19.4. The van der Waals surface area contributed by atoms with Gasteiger partial charge in [0.2, 0.25) is 0 Å². The third-order valence-electron chi connectivity index (χ3n) is 5.60. The fourth-order valence-corrected chi connectivity index (χ4v) is 4.00. The van der Waals surface area contributed by atoms with Gasteiger partial charge in [-0.15, -0.1) is 0 Å². The van der Waals surface area contributed by atoms with Gasteiger partial charge in [-0.25, -0.2) is 9.37 Å². The fraction of sp³-hybridized carbons (Fsp3) is 0.200. The van der Waals surface area contributed by atoms with Gasteiger partial charge in [0, 0.05) is 30.4 Å². The van der Waals surface area contributed by atoms with Crippen LogP contribution in [0, 0.1) is 17.1 Å². The summed E-state index contributed by atoms with van der Waals surface area (Å²) in [5.41, 5.74) is 6.01. The number of morpholine rings is 1. The maximum atomic E-state index is 13.5. The minimum Gasteiger partial charge on any atom is -0.374 e.